The summed E-state index contributed by atoms with van der Waals surface area (Å²) in [5.74, 6) is -0.607. The number of nitrogens with zero attached hydrogens (tertiary/aromatic N) is 2. The number of rotatable bonds is 5. The molecule has 4 rings (SSSR count). The predicted molar refractivity (Wildman–Crippen MR) is 116 cm³/mol. The van der Waals surface area contributed by atoms with Crippen molar-refractivity contribution < 1.29 is 14.4 Å². The van der Waals surface area contributed by atoms with Gasteiger partial charge in [0.1, 0.15) is 0 Å². The number of hydrogen-bond donors (Lipinski definition) is 2. The van der Waals surface area contributed by atoms with Gasteiger partial charge in [0, 0.05) is 48.7 Å². The van der Waals surface area contributed by atoms with E-state index in [2.05, 4.69) is 27.5 Å². The van der Waals surface area contributed by atoms with Gasteiger partial charge >= 0.3 is 0 Å². The summed E-state index contributed by atoms with van der Waals surface area (Å²) in [6, 6.07) is 14.0. The molecule has 1 fully saturated rings. The molecule has 0 bridgehead atoms. The van der Waals surface area contributed by atoms with Crippen LogP contribution >= 0.6 is 0 Å². The van der Waals surface area contributed by atoms with Gasteiger partial charge in [-0.1, -0.05) is 18.2 Å². The number of para-hydroxylation sites is 1. The SMILES string of the molecule is CN1CCN(CC(=O)Nc2ccc(C(=O)/C=C3\C(=O)Nc4ccccc43)cc2)CC1. The van der Waals surface area contributed by atoms with E-state index in [4.69, 9.17) is 0 Å². The number of carbonyl (C=O) groups is 3. The molecule has 0 aromatic heterocycles. The third kappa shape index (κ3) is 4.48. The predicted octanol–water partition coefficient (Wildman–Crippen LogP) is 2.09. The topological polar surface area (TPSA) is 81.8 Å². The molecule has 0 unspecified atom stereocenters. The summed E-state index contributed by atoms with van der Waals surface area (Å²) < 4.78 is 0. The van der Waals surface area contributed by atoms with Crippen LogP contribution in [0.3, 0.4) is 0 Å². The molecule has 30 heavy (non-hydrogen) atoms. The fourth-order valence-electron chi connectivity index (χ4n) is 3.62. The Morgan fingerprint density at radius 2 is 1.73 bits per heavy atom. The highest BCUT2D eigenvalue weighted by atomic mass is 16.2. The highest BCUT2D eigenvalue weighted by Gasteiger charge is 2.24. The normalized spacial score (nSPS) is 18.2. The summed E-state index contributed by atoms with van der Waals surface area (Å²) in [6.45, 7) is 4.03. The second-order valence-electron chi connectivity index (χ2n) is 7.63. The molecule has 7 nitrogen and oxygen atoms in total. The molecule has 0 saturated carbocycles. The van der Waals surface area contributed by atoms with Gasteiger partial charge in [0.15, 0.2) is 5.78 Å². The van der Waals surface area contributed by atoms with Crippen LogP contribution in [-0.4, -0.2) is 67.2 Å². The van der Waals surface area contributed by atoms with Gasteiger partial charge in [-0.25, -0.2) is 0 Å². The number of carbonyl (C=O) groups excluding carboxylic acids is 3. The van der Waals surface area contributed by atoms with Crippen LogP contribution in [0.25, 0.3) is 5.57 Å². The van der Waals surface area contributed by atoms with Crippen molar-refractivity contribution in [2.75, 3.05) is 50.4 Å². The summed E-state index contributed by atoms with van der Waals surface area (Å²) in [4.78, 5) is 41.4. The van der Waals surface area contributed by atoms with E-state index in [1.54, 1.807) is 30.3 Å². The quantitative estimate of drug-likeness (QED) is 0.589. The van der Waals surface area contributed by atoms with Crippen LogP contribution in [0.2, 0.25) is 0 Å². The summed E-state index contributed by atoms with van der Waals surface area (Å²) in [7, 11) is 2.08. The molecule has 0 atom stereocenters. The van der Waals surface area contributed by atoms with Crippen LogP contribution in [-0.2, 0) is 9.59 Å². The van der Waals surface area contributed by atoms with Crippen molar-refractivity contribution in [2.24, 2.45) is 0 Å². The maximum Gasteiger partial charge on any atom is 0.256 e. The smallest absolute Gasteiger partial charge is 0.256 e. The Morgan fingerprint density at radius 3 is 2.47 bits per heavy atom. The lowest BCUT2D eigenvalue weighted by Gasteiger charge is -2.31. The van der Waals surface area contributed by atoms with E-state index in [1.165, 1.54) is 6.08 Å². The summed E-state index contributed by atoms with van der Waals surface area (Å²) in [6.07, 6.45) is 1.36. The van der Waals surface area contributed by atoms with Crippen molar-refractivity contribution in [1.82, 2.24) is 9.80 Å². The lowest BCUT2D eigenvalue weighted by atomic mass is 10.0. The average molecular weight is 404 g/mol. The average Bonchev–Trinajstić information content (AvgIpc) is 3.05. The monoisotopic (exact) mass is 404 g/mol. The van der Waals surface area contributed by atoms with Gasteiger partial charge in [-0.2, -0.15) is 0 Å². The Bertz CT molecular complexity index is 1010. The van der Waals surface area contributed by atoms with Crippen molar-refractivity contribution in [1.29, 1.82) is 0 Å². The fourth-order valence-corrected chi connectivity index (χ4v) is 3.62. The van der Waals surface area contributed by atoms with E-state index < -0.39 is 0 Å². The number of benzene rings is 2. The molecule has 7 heteroatoms. The third-order valence-electron chi connectivity index (χ3n) is 5.40. The number of piperazine rings is 1. The molecule has 2 aromatic carbocycles. The number of likely N-dealkylation sites (N-methyl/N-ethyl adjacent to an activating group) is 1. The Kier molecular flexibility index (Phi) is 5.74. The molecule has 2 heterocycles. The van der Waals surface area contributed by atoms with Gasteiger partial charge < -0.3 is 15.5 Å². The van der Waals surface area contributed by atoms with Gasteiger partial charge in [0.2, 0.25) is 5.91 Å². The largest absolute Gasteiger partial charge is 0.325 e. The fraction of sp³-hybridized carbons (Fsp3) is 0.261. The molecule has 0 aliphatic carbocycles. The van der Waals surface area contributed by atoms with E-state index in [0.717, 1.165) is 31.7 Å². The van der Waals surface area contributed by atoms with Gasteiger partial charge in [-0.3, -0.25) is 19.3 Å². The molecular formula is C23H24N4O3. The molecule has 2 amide bonds. The van der Waals surface area contributed by atoms with Crippen LogP contribution in [0.1, 0.15) is 15.9 Å². The van der Waals surface area contributed by atoms with Crippen molar-refractivity contribution in [2.45, 2.75) is 0 Å². The van der Waals surface area contributed by atoms with Gasteiger partial charge in [0.25, 0.3) is 5.91 Å². The molecule has 1 saturated heterocycles. The van der Waals surface area contributed by atoms with Crippen molar-refractivity contribution in [3.8, 4) is 0 Å². The summed E-state index contributed by atoms with van der Waals surface area (Å²) in [5, 5.41) is 5.63. The first kappa shape index (κ1) is 20.0. The minimum absolute atomic E-state index is 0.0695. The minimum atomic E-state index is -0.280. The van der Waals surface area contributed by atoms with Crippen molar-refractivity contribution in [3.05, 3.63) is 65.7 Å². The highest BCUT2D eigenvalue weighted by molar-refractivity contribution is 6.35. The van der Waals surface area contributed by atoms with Crippen LogP contribution in [0.15, 0.2) is 54.6 Å². The zero-order valence-corrected chi connectivity index (χ0v) is 16.9. The zero-order chi connectivity index (χ0) is 21.1. The molecular weight excluding hydrogens is 380 g/mol. The molecule has 2 aromatic rings. The van der Waals surface area contributed by atoms with Gasteiger partial charge in [0.05, 0.1) is 12.1 Å². The Labute approximate surface area is 175 Å². The first-order valence-corrected chi connectivity index (χ1v) is 9.97. The van der Waals surface area contributed by atoms with Gasteiger partial charge in [-0.05, 0) is 43.5 Å². The molecule has 0 radical (unpaired) electrons. The second-order valence-corrected chi connectivity index (χ2v) is 7.63. The van der Waals surface area contributed by atoms with Crippen LogP contribution in [0.4, 0.5) is 11.4 Å². The second kappa shape index (κ2) is 8.61. The lowest BCUT2D eigenvalue weighted by Crippen LogP contribution is -2.47. The maximum atomic E-state index is 12.6. The maximum absolute atomic E-state index is 12.6. The van der Waals surface area contributed by atoms with Crippen LogP contribution < -0.4 is 10.6 Å². The Hall–Kier alpha value is -3.29. The van der Waals surface area contributed by atoms with E-state index in [0.29, 0.717) is 29.1 Å². The summed E-state index contributed by atoms with van der Waals surface area (Å²) >= 11 is 0. The Balaban J connectivity index is 1.38. The first-order chi connectivity index (χ1) is 14.5. The number of anilines is 2. The number of nitrogens with one attached hydrogen (secondary N) is 2. The highest BCUT2D eigenvalue weighted by Crippen LogP contribution is 2.31. The van der Waals surface area contributed by atoms with E-state index in [1.807, 2.05) is 18.2 Å². The van der Waals surface area contributed by atoms with Crippen LogP contribution in [0.5, 0.6) is 0 Å². The minimum Gasteiger partial charge on any atom is -0.325 e. The number of hydrogen-bond acceptors (Lipinski definition) is 5. The van der Waals surface area contributed by atoms with E-state index >= 15 is 0 Å². The lowest BCUT2D eigenvalue weighted by molar-refractivity contribution is -0.117. The molecule has 2 aliphatic heterocycles. The number of fused-ring (bicyclic) bond motifs is 1. The van der Waals surface area contributed by atoms with Crippen molar-refractivity contribution in [3.63, 3.8) is 0 Å². The van der Waals surface area contributed by atoms with E-state index in [-0.39, 0.29) is 17.6 Å². The van der Waals surface area contributed by atoms with E-state index in [9.17, 15) is 14.4 Å². The Morgan fingerprint density at radius 1 is 1.03 bits per heavy atom. The number of ketones is 1. The van der Waals surface area contributed by atoms with Crippen molar-refractivity contribution >= 4 is 34.5 Å². The standard InChI is InChI=1S/C23H24N4O3/c1-26-10-12-27(13-11-26)15-22(29)24-17-8-6-16(7-9-17)21(28)14-19-18-4-2-3-5-20(18)25-23(19)30/h2-9,14H,10-13,15H2,1H3,(H,24,29)(H,25,30)/b19-14-. The van der Waals surface area contributed by atoms with Gasteiger partial charge in [-0.15, -0.1) is 0 Å². The zero-order valence-electron chi connectivity index (χ0n) is 16.9. The summed E-state index contributed by atoms with van der Waals surface area (Å²) in [5.41, 5.74) is 2.89. The molecule has 0 spiro atoms. The number of allylic oxidation sites excluding steroid dienone is 1. The molecule has 2 aliphatic rings. The first-order valence-electron chi connectivity index (χ1n) is 9.97. The molecule has 2 N–H and O–H groups in total. The number of amides is 2. The van der Waals surface area contributed by atoms with Crippen LogP contribution in [0, 0.1) is 0 Å². The third-order valence-corrected chi connectivity index (χ3v) is 5.40. The molecule has 154 valence electrons.